The number of nitrogens with zero attached hydrogens (tertiary/aromatic N) is 1. The van der Waals surface area contributed by atoms with Crippen LogP contribution in [0, 0.1) is 17.2 Å². The second kappa shape index (κ2) is 12.6. The summed E-state index contributed by atoms with van der Waals surface area (Å²) in [6.45, 7) is 0.291. The Morgan fingerprint density at radius 2 is 1.70 bits per heavy atom. The molecule has 0 bridgehead atoms. The Morgan fingerprint density at radius 1 is 1.03 bits per heavy atom. The topological polar surface area (TPSA) is 144 Å². The van der Waals surface area contributed by atoms with Crippen molar-refractivity contribution in [3.05, 3.63) is 75.8 Å². The van der Waals surface area contributed by atoms with E-state index >= 15 is 0 Å². The maximum absolute atomic E-state index is 12.9. The van der Waals surface area contributed by atoms with Crippen LogP contribution in [0.4, 0.5) is 0 Å². The lowest BCUT2D eigenvalue weighted by Gasteiger charge is -2.31. The lowest BCUT2D eigenvalue weighted by atomic mass is 9.78. The van der Waals surface area contributed by atoms with E-state index in [1.54, 1.807) is 31.4 Å². The average molecular weight is 524 g/mol. The van der Waals surface area contributed by atoms with Gasteiger partial charge in [-0.3, -0.25) is 14.4 Å². The highest BCUT2D eigenvalue weighted by molar-refractivity contribution is 8.03. The van der Waals surface area contributed by atoms with Gasteiger partial charge in [0.15, 0.2) is 0 Å². The highest BCUT2D eigenvalue weighted by Crippen LogP contribution is 2.40. The molecule has 2 amide bonds. The first-order valence-electron chi connectivity index (χ1n) is 11.1. The van der Waals surface area contributed by atoms with Gasteiger partial charge in [0.1, 0.15) is 11.7 Å². The van der Waals surface area contributed by atoms with Gasteiger partial charge in [0, 0.05) is 12.5 Å². The first-order valence-corrected chi connectivity index (χ1v) is 12.0. The fourth-order valence-electron chi connectivity index (χ4n) is 3.76. The maximum Gasteiger partial charge on any atom is 0.337 e. The molecule has 10 nitrogen and oxygen atoms in total. The van der Waals surface area contributed by atoms with Gasteiger partial charge in [0.05, 0.1) is 49.3 Å². The van der Waals surface area contributed by atoms with Crippen molar-refractivity contribution in [3.8, 4) is 11.8 Å². The smallest absolute Gasteiger partial charge is 0.337 e. The summed E-state index contributed by atoms with van der Waals surface area (Å²) in [6, 6.07) is 15.4. The third kappa shape index (κ3) is 6.48. The number of nitriles is 1. The van der Waals surface area contributed by atoms with Crippen molar-refractivity contribution < 1.29 is 33.4 Å². The predicted octanol–water partition coefficient (Wildman–Crippen LogP) is 2.27. The fraction of sp³-hybridized carbons (Fsp3) is 0.269. The molecule has 37 heavy (non-hydrogen) atoms. The molecule has 192 valence electrons. The van der Waals surface area contributed by atoms with Gasteiger partial charge in [-0.1, -0.05) is 36.0 Å². The molecular weight excluding hydrogens is 498 g/mol. The zero-order valence-electron chi connectivity index (χ0n) is 20.4. The fourth-order valence-corrected chi connectivity index (χ4v) is 4.64. The molecule has 1 aliphatic rings. The van der Waals surface area contributed by atoms with Crippen LogP contribution in [-0.4, -0.2) is 50.8 Å². The third-order valence-corrected chi connectivity index (χ3v) is 6.69. The summed E-state index contributed by atoms with van der Waals surface area (Å²) in [4.78, 5) is 49.7. The van der Waals surface area contributed by atoms with Gasteiger partial charge in [-0.05, 0) is 35.4 Å². The van der Waals surface area contributed by atoms with Gasteiger partial charge in [-0.15, -0.1) is 0 Å². The molecule has 0 unspecified atom stereocenters. The minimum absolute atomic E-state index is 0.0756. The molecule has 0 aliphatic carbocycles. The van der Waals surface area contributed by atoms with Gasteiger partial charge < -0.3 is 24.8 Å². The first kappa shape index (κ1) is 27.3. The van der Waals surface area contributed by atoms with Crippen molar-refractivity contribution in [2.75, 3.05) is 27.1 Å². The van der Waals surface area contributed by atoms with Crippen LogP contribution in [0.25, 0.3) is 0 Å². The Bertz CT molecular complexity index is 1250. The SMILES string of the molecule is COC(=O)c1ccc([C@@H]2C(C#N)=C(SCC(=O)NCc3ccc(OC)cc3)NC(=O)[C@@H]2C(=O)OC)cc1. The number of rotatable bonds is 9. The highest BCUT2D eigenvalue weighted by atomic mass is 32.2. The van der Waals surface area contributed by atoms with Crippen LogP contribution in [-0.2, 0) is 30.4 Å². The molecular formula is C26H25N3O7S. The molecule has 0 spiro atoms. The number of carbonyl (C=O) groups is 4. The number of nitrogens with one attached hydrogen (secondary N) is 2. The molecule has 0 aromatic heterocycles. The van der Waals surface area contributed by atoms with Crippen molar-refractivity contribution >= 4 is 35.5 Å². The summed E-state index contributed by atoms with van der Waals surface area (Å²) >= 11 is 0.981. The number of amides is 2. The Balaban J connectivity index is 1.81. The minimum atomic E-state index is -1.32. The molecule has 2 aromatic carbocycles. The summed E-state index contributed by atoms with van der Waals surface area (Å²) in [5.74, 6) is -4.00. The molecule has 2 N–H and O–H groups in total. The second-order valence-electron chi connectivity index (χ2n) is 7.85. The summed E-state index contributed by atoms with van der Waals surface area (Å²) < 4.78 is 14.6. The van der Waals surface area contributed by atoms with E-state index in [2.05, 4.69) is 16.7 Å². The van der Waals surface area contributed by atoms with Crippen molar-refractivity contribution in [2.45, 2.75) is 12.5 Å². The van der Waals surface area contributed by atoms with Crippen LogP contribution in [0.3, 0.4) is 0 Å². The lowest BCUT2D eigenvalue weighted by Crippen LogP contribution is -2.44. The second-order valence-corrected chi connectivity index (χ2v) is 8.84. The van der Waals surface area contributed by atoms with E-state index in [-0.39, 0.29) is 27.8 Å². The molecule has 0 radical (unpaired) electrons. The lowest BCUT2D eigenvalue weighted by molar-refractivity contribution is -0.150. The summed E-state index contributed by atoms with van der Waals surface area (Å²) in [7, 11) is 3.97. The molecule has 0 saturated carbocycles. The predicted molar refractivity (Wildman–Crippen MR) is 134 cm³/mol. The van der Waals surface area contributed by atoms with Gasteiger partial charge in [-0.25, -0.2) is 4.79 Å². The molecule has 11 heteroatoms. The third-order valence-electron chi connectivity index (χ3n) is 5.67. The summed E-state index contributed by atoms with van der Waals surface area (Å²) in [6.07, 6.45) is 0. The molecule has 2 atom stereocenters. The van der Waals surface area contributed by atoms with Gasteiger partial charge >= 0.3 is 11.9 Å². The van der Waals surface area contributed by atoms with E-state index in [1.165, 1.54) is 19.2 Å². The van der Waals surface area contributed by atoms with Gasteiger partial charge in [0.25, 0.3) is 0 Å². The van der Waals surface area contributed by atoms with E-state index in [1.807, 2.05) is 12.1 Å². The first-order chi connectivity index (χ1) is 17.8. The van der Waals surface area contributed by atoms with E-state index in [0.29, 0.717) is 17.9 Å². The minimum Gasteiger partial charge on any atom is -0.497 e. The monoisotopic (exact) mass is 523 g/mol. The van der Waals surface area contributed by atoms with Crippen LogP contribution in [0.2, 0.25) is 0 Å². The largest absolute Gasteiger partial charge is 0.497 e. The number of allylic oxidation sites excluding steroid dienone is 1. The Kier molecular flexibility index (Phi) is 9.29. The zero-order valence-corrected chi connectivity index (χ0v) is 21.2. The van der Waals surface area contributed by atoms with Crippen molar-refractivity contribution in [2.24, 2.45) is 5.92 Å². The molecule has 2 aromatic rings. The van der Waals surface area contributed by atoms with E-state index < -0.39 is 29.7 Å². The average Bonchev–Trinajstić information content (AvgIpc) is 2.93. The van der Waals surface area contributed by atoms with Crippen LogP contribution < -0.4 is 15.4 Å². The van der Waals surface area contributed by atoms with E-state index in [0.717, 1.165) is 24.4 Å². The van der Waals surface area contributed by atoms with Crippen LogP contribution in [0.5, 0.6) is 5.75 Å². The molecule has 1 heterocycles. The van der Waals surface area contributed by atoms with Crippen molar-refractivity contribution in [1.29, 1.82) is 5.26 Å². The number of esters is 2. The quantitative estimate of drug-likeness (QED) is 0.374. The Morgan fingerprint density at radius 3 is 2.27 bits per heavy atom. The Hall–Kier alpha value is -4.30. The zero-order chi connectivity index (χ0) is 26.9. The molecule has 3 rings (SSSR count). The number of hydrogen-bond acceptors (Lipinski definition) is 9. The number of hydrogen-bond donors (Lipinski definition) is 2. The van der Waals surface area contributed by atoms with Crippen LogP contribution in [0.15, 0.2) is 59.1 Å². The molecule has 1 aliphatic heterocycles. The van der Waals surface area contributed by atoms with Crippen molar-refractivity contribution in [1.82, 2.24) is 10.6 Å². The molecule has 0 saturated heterocycles. The standard InChI is InChI=1S/C26H25N3O7S/c1-34-18-10-4-15(5-11-18)13-28-20(30)14-37-24-19(12-27)21(22(23(31)29-24)26(33)36-3)16-6-8-17(9-7-16)25(32)35-2/h4-11,21-22H,13-14H2,1-3H3,(H,28,30)(H,29,31)/t21-,22-/m1/s1. The number of methoxy groups -OCH3 is 3. The van der Waals surface area contributed by atoms with Crippen LogP contribution >= 0.6 is 11.8 Å². The van der Waals surface area contributed by atoms with Gasteiger partial charge in [0.2, 0.25) is 11.8 Å². The summed E-state index contributed by atoms with van der Waals surface area (Å²) in [5.41, 5.74) is 1.70. The summed E-state index contributed by atoms with van der Waals surface area (Å²) in [5, 5.41) is 15.5. The number of thioether (sulfide) groups is 1. The number of carbonyl (C=O) groups excluding carboxylic acids is 4. The van der Waals surface area contributed by atoms with Gasteiger partial charge in [-0.2, -0.15) is 5.26 Å². The maximum atomic E-state index is 12.9. The van der Waals surface area contributed by atoms with E-state index in [9.17, 15) is 24.4 Å². The normalized spacial score (nSPS) is 16.8. The van der Waals surface area contributed by atoms with Crippen molar-refractivity contribution in [3.63, 3.8) is 0 Å². The Labute approximate surface area is 218 Å². The highest BCUT2D eigenvalue weighted by Gasteiger charge is 2.44. The van der Waals surface area contributed by atoms with Crippen LogP contribution in [0.1, 0.15) is 27.4 Å². The van der Waals surface area contributed by atoms with E-state index in [4.69, 9.17) is 14.2 Å². The molecule has 0 fully saturated rings. The number of ether oxygens (including phenoxy) is 3. The number of benzene rings is 2.